The molecule has 2 N–H and O–H groups in total. The maximum absolute atomic E-state index is 11.8. The van der Waals surface area contributed by atoms with Gasteiger partial charge < -0.3 is 20.1 Å². The van der Waals surface area contributed by atoms with E-state index in [1.165, 1.54) is 6.42 Å². The third-order valence-electron chi connectivity index (χ3n) is 3.50. The zero-order chi connectivity index (χ0) is 12.1. The monoisotopic (exact) mass is 242 g/mol. The van der Waals surface area contributed by atoms with Gasteiger partial charge in [-0.05, 0) is 19.3 Å². The van der Waals surface area contributed by atoms with E-state index in [0.717, 1.165) is 25.9 Å². The number of amides is 1. The van der Waals surface area contributed by atoms with E-state index in [-0.39, 0.29) is 11.9 Å². The Morgan fingerprint density at radius 1 is 1.29 bits per heavy atom. The second kappa shape index (κ2) is 6.33. The fourth-order valence-corrected chi connectivity index (χ4v) is 2.40. The van der Waals surface area contributed by atoms with Gasteiger partial charge in [-0.3, -0.25) is 4.79 Å². The summed E-state index contributed by atoms with van der Waals surface area (Å²) in [6.07, 6.45) is 3.60. The molecule has 2 fully saturated rings. The summed E-state index contributed by atoms with van der Waals surface area (Å²) >= 11 is 0. The SMILES string of the molecule is O=C(CCNC1COCC1O)N1CCCCC1. The van der Waals surface area contributed by atoms with Crippen molar-refractivity contribution in [2.75, 3.05) is 32.8 Å². The van der Waals surface area contributed by atoms with Gasteiger partial charge in [0.05, 0.1) is 25.4 Å². The Balaban J connectivity index is 1.62. The van der Waals surface area contributed by atoms with Crippen LogP contribution in [0.2, 0.25) is 0 Å². The summed E-state index contributed by atoms with van der Waals surface area (Å²) in [5.41, 5.74) is 0. The lowest BCUT2D eigenvalue weighted by molar-refractivity contribution is -0.132. The third kappa shape index (κ3) is 3.66. The highest BCUT2D eigenvalue weighted by molar-refractivity contribution is 5.76. The molecule has 0 aliphatic carbocycles. The summed E-state index contributed by atoms with van der Waals surface area (Å²) in [6, 6.07) is -0.0100. The maximum atomic E-state index is 11.8. The van der Waals surface area contributed by atoms with Crippen molar-refractivity contribution in [3.05, 3.63) is 0 Å². The number of rotatable bonds is 4. The molecule has 0 spiro atoms. The first kappa shape index (κ1) is 12.8. The Morgan fingerprint density at radius 3 is 2.71 bits per heavy atom. The molecule has 0 radical (unpaired) electrons. The van der Waals surface area contributed by atoms with E-state index in [4.69, 9.17) is 4.74 Å². The number of hydrogen-bond acceptors (Lipinski definition) is 4. The van der Waals surface area contributed by atoms with E-state index in [2.05, 4.69) is 5.32 Å². The molecule has 1 amide bonds. The van der Waals surface area contributed by atoms with Gasteiger partial charge in [0, 0.05) is 26.1 Å². The van der Waals surface area contributed by atoms with Crippen molar-refractivity contribution in [1.29, 1.82) is 0 Å². The van der Waals surface area contributed by atoms with Crippen LogP contribution in [-0.2, 0) is 9.53 Å². The molecule has 2 unspecified atom stereocenters. The fourth-order valence-electron chi connectivity index (χ4n) is 2.40. The number of hydrogen-bond donors (Lipinski definition) is 2. The molecular formula is C12H22N2O3. The van der Waals surface area contributed by atoms with Gasteiger partial charge >= 0.3 is 0 Å². The first-order chi connectivity index (χ1) is 8.27. The number of aliphatic hydroxyl groups excluding tert-OH is 1. The molecule has 2 saturated heterocycles. The molecule has 98 valence electrons. The molecule has 0 aromatic heterocycles. The summed E-state index contributed by atoms with van der Waals surface area (Å²) in [5, 5.41) is 12.7. The van der Waals surface area contributed by atoms with Gasteiger partial charge in [0.25, 0.3) is 0 Å². The Hall–Kier alpha value is -0.650. The van der Waals surface area contributed by atoms with Gasteiger partial charge in [0.1, 0.15) is 0 Å². The Labute approximate surface area is 102 Å². The van der Waals surface area contributed by atoms with Gasteiger partial charge in [-0.25, -0.2) is 0 Å². The minimum absolute atomic E-state index is 0.0100. The average Bonchev–Trinajstić information content (AvgIpc) is 2.76. The Bertz CT molecular complexity index is 254. The lowest BCUT2D eigenvalue weighted by Crippen LogP contribution is -2.42. The normalized spacial score (nSPS) is 29.6. The summed E-state index contributed by atoms with van der Waals surface area (Å²) in [5.74, 6) is 0.227. The largest absolute Gasteiger partial charge is 0.389 e. The number of carbonyl (C=O) groups excluding carboxylic acids is 1. The van der Waals surface area contributed by atoms with Gasteiger partial charge in [0.15, 0.2) is 0 Å². The van der Waals surface area contributed by atoms with Crippen LogP contribution in [0.5, 0.6) is 0 Å². The highest BCUT2D eigenvalue weighted by Crippen LogP contribution is 2.10. The van der Waals surface area contributed by atoms with Crippen LogP contribution in [0, 0.1) is 0 Å². The van der Waals surface area contributed by atoms with Crippen LogP contribution in [0.25, 0.3) is 0 Å². The quantitative estimate of drug-likeness (QED) is 0.713. The number of nitrogens with zero attached hydrogens (tertiary/aromatic N) is 1. The topological polar surface area (TPSA) is 61.8 Å². The van der Waals surface area contributed by atoms with Gasteiger partial charge in [-0.15, -0.1) is 0 Å². The molecule has 5 nitrogen and oxygen atoms in total. The van der Waals surface area contributed by atoms with Crippen LogP contribution in [0.3, 0.4) is 0 Å². The molecule has 5 heteroatoms. The van der Waals surface area contributed by atoms with E-state index < -0.39 is 6.10 Å². The van der Waals surface area contributed by atoms with E-state index in [1.807, 2.05) is 4.90 Å². The minimum atomic E-state index is -0.430. The summed E-state index contributed by atoms with van der Waals surface area (Å²) < 4.78 is 5.14. The molecule has 2 aliphatic heterocycles. The number of piperidine rings is 1. The first-order valence-corrected chi connectivity index (χ1v) is 6.54. The predicted molar refractivity (Wildman–Crippen MR) is 63.7 cm³/mol. The number of aliphatic hydroxyl groups is 1. The molecule has 2 aliphatic rings. The maximum Gasteiger partial charge on any atom is 0.223 e. The second-order valence-corrected chi connectivity index (χ2v) is 4.86. The smallest absolute Gasteiger partial charge is 0.223 e. The molecule has 17 heavy (non-hydrogen) atoms. The number of carbonyl (C=O) groups is 1. The van der Waals surface area contributed by atoms with Crippen LogP contribution in [0.1, 0.15) is 25.7 Å². The van der Waals surface area contributed by atoms with Crippen molar-refractivity contribution >= 4 is 5.91 Å². The number of likely N-dealkylation sites (tertiary alicyclic amines) is 1. The van der Waals surface area contributed by atoms with Crippen molar-refractivity contribution in [2.45, 2.75) is 37.8 Å². The fraction of sp³-hybridized carbons (Fsp3) is 0.917. The summed E-state index contributed by atoms with van der Waals surface area (Å²) in [4.78, 5) is 13.8. The zero-order valence-corrected chi connectivity index (χ0v) is 10.2. The van der Waals surface area contributed by atoms with E-state index in [0.29, 0.717) is 26.2 Å². The van der Waals surface area contributed by atoms with Crippen molar-refractivity contribution in [2.24, 2.45) is 0 Å². The molecule has 2 rings (SSSR count). The number of ether oxygens (including phenoxy) is 1. The van der Waals surface area contributed by atoms with E-state index in [9.17, 15) is 9.90 Å². The predicted octanol–water partition coefficient (Wildman–Crippen LogP) is -0.262. The lowest BCUT2D eigenvalue weighted by atomic mass is 10.1. The summed E-state index contributed by atoms with van der Waals surface area (Å²) in [6.45, 7) is 3.39. The molecule has 2 heterocycles. The van der Waals surface area contributed by atoms with Crippen LogP contribution >= 0.6 is 0 Å². The molecule has 0 aromatic rings. The average molecular weight is 242 g/mol. The van der Waals surface area contributed by atoms with E-state index >= 15 is 0 Å². The molecule has 2 atom stereocenters. The lowest BCUT2D eigenvalue weighted by Gasteiger charge is -2.27. The van der Waals surface area contributed by atoms with Gasteiger partial charge in [-0.2, -0.15) is 0 Å². The standard InChI is InChI=1S/C12H22N2O3/c15-11-9-17-8-10(11)13-5-4-12(16)14-6-2-1-3-7-14/h10-11,13,15H,1-9H2. The van der Waals surface area contributed by atoms with Crippen LogP contribution < -0.4 is 5.32 Å². The van der Waals surface area contributed by atoms with Gasteiger partial charge in [0.2, 0.25) is 5.91 Å². The third-order valence-corrected chi connectivity index (χ3v) is 3.50. The van der Waals surface area contributed by atoms with Crippen LogP contribution in [0.4, 0.5) is 0 Å². The van der Waals surface area contributed by atoms with Crippen LogP contribution in [0.15, 0.2) is 0 Å². The molecular weight excluding hydrogens is 220 g/mol. The van der Waals surface area contributed by atoms with E-state index in [1.54, 1.807) is 0 Å². The minimum Gasteiger partial charge on any atom is -0.389 e. The van der Waals surface area contributed by atoms with Crippen molar-refractivity contribution in [3.8, 4) is 0 Å². The van der Waals surface area contributed by atoms with Crippen molar-refractivity contribution < 1.29 is 14.6 Å². The highest BCUT2D eigenvalue weighted by Gasteiger charge is 2.25. The molecule has 0 saturated carbocycles. The Kier molecular flexibility index (Phi) is 4.76. The first-order valence-electron chi connectivity index (χ1n) is 6.54. The second-order valence-electron chi connectivity index (χ2n) is 4.86. The van der Waals surface area contributed by atoms with Gasteiger partial charge in [-0.1, -0.05) is 0 Å². The summed E-state index contributed by atoms with van der Waals surface area (Å²) in [7, 11) is 0. The number of nitrogens with one attached hydrogen (secondary N) is 1. The Morgan fingerprint density at radius 2 is 2.06 bits per heavy atom. The highest BCUT2D eigenvalue weighted by atomic mass is 16.5. The van der Waals surface area contributed by atoms with Crippen molar-refractivity contribution in [1.82, 2.24) is 10.2 Å². The molecule has 0 bridgehead atoms. The van der Waals surface area contributed by atoms with Crippen molar-refractivity contribution in [3.63, 3.8) is 0 Å². The van der Waals surface area contributed by atoms with Crippen LogP contribution in [-0.4, -0.2) is 60.9 Å². The zero-order valence-electron chi connectivity index (χ0n) is 10.2. The molecule has 0 aromatic carbocycles.